The molecule has 0 saturated heterocycles. The number of amides is 1. The van der Waals surface area contributed by atoms with Crippen LogP contribution in [0.15, 0.2) is 94.6 Å². The van der Waals surface area contributed by atoms with Crippen molar-refractivity contribution in [3.8, 4) is 22.6 Å². The molecule has 0 atom stereocenters. The SMILES string of the molecule is O=C(Cc1cccc(-c2cccc(OC(F)(F)F)c2)c1)Nc1cccc(-n2ccc(=O)[nH]c2=O)c1. The molecule has 1 heterocycles. The first kappa shape index (κ1) is 23.6. The molecule has 10 heteroatoms. The van der Waals surface area contributed by atoms with Gasteiger partial charge in [-0.2, -0.15) is 0 Å². The second kappa shape index (κ2) is 9.72. The van der Waals surface area contributed by atoms with E-state index in [1.807, 2.05) is 0 Å². The summed E-state index contributed by atoms with van der Waals surface area (Å²) in [6.07, 6.45) is -3.45. The van der Waals surface area contributed by atoms with Gasteiger partial charge in [0.25, 0.3) is 5.56 Å². The van der Waals surface area contributed by atoms with Crippen molar-refractivity contribution < 1.29 is 22.7 Å². The minimum atomic E-state index is -4.79. The Morgan fingerprint density at radius 2 is 1.63 bits per heavy atom. The van der Waals surface area contributed by atoms with Crippen LogP contribution in [0.3, 0.4) is 0 Å². The highest BCUT2D eigenvalue weighted by atomic mass is 19.4. The summed E-state index contributed by atoms with van der Waals surface area (Å²) in [6.45, 7) is 0. The quantitative estimate of drug-likeness (QED) is 0.430. The van der Waals surface area contributed by atoms with E-state index in [1.54, 1.807) is 54.6 Å². The lowest BCUT2D eigenvalue weighted by Crippen LogP contribution is -2.27. The van der Waals surface area contributed by atoms with Gasteiger partial charge >= 0.3 is 12.1 Å². The predicted octanol–water partition coefficient (Wildman–Crippen LogP) is 4.27. The molecule has 7 nitrogen and oxygen atoms in total. The molecule has 1 amide bonds. The van der Waals surface area contributed by atoms with Gasteiger partial charge in [-0.1, -0.05) is 42.5 Å². The third kappa shape index (κ3) is 6.26. The minimum absolute atomic E-state index is 0.00934. The Balaban J connectivity index is 1.48. The summed E-state index contributed by atoms with van der Waals surface area (Å²) in [5.41, 5.74) is 1.55. The topological polar surface area (TPSA) is 93.2 Å². The first-order valence-corrected chi connectivity index (χ1v) is 10.3. The first-order chi connectivity index (χ1) is 16.7. The van der Waals surface area contributed by atoms with E-state index < -0.39 is 17.6 Å². The zero-order valence-electron chi connectivity index (χ0n) is 18.0. The average Bonchev–Trinajstić information content (AvgIpc) is 2.78. The van der Waals surface area contributed by atoms with E-state index >= 15 is 0 Å². The van der Waals surface area contributed by atoms with Crippen LogP contribution in [0.1, 0.15) is 5.56 Å². The van der Waals surface area contributed by atoms with E-state index in [0.29, 0.717) is 28.1 Å². The van der Waals surface area contributed by atoms with Crippen LogP contribution in [-0.2, 0) is 11.2 Å². The van der Waals surface area contributed by atoms with Crippen molar-refractivity contribution in [1.82, 2.24) is 9.55 Å². The van der Waals surface area contributed by atoms with Crippen LogP contribution in [-0.4, -0.2) is 21.8 Å². The highest BCUT2D eigenvalue weighted by Gasteiger charge is 2.31. The Labute approximate surface area is 196 Å². The van der Waals surface area contributed by atoms with Crippen molar-refractivity contribution in [1.29, 1.82) is 0 Å². The number of hydrogen-bond acceptors (Lipinski definition) is 4. The zero-order chi connectivity index (χ0) is 25.0. The molecule has 0 aliphatic carbocycles. The second-order valence-corrected chi connectivity index (χ2v) is 7.53. The number of halogens is 3. The number of alkyl halides is 3. The maximum Gasteiger partial charge on any atom is 0.573 e. The van der Waals surface area contributed by atoms with Crippen LogP contribution in [0.2, 0.25) is 0 Å². The average molecular weight is 481 g/mol. The molecule has 4 rings (SSSR count). The van der Waals surface area contributed by atoms with Crippen LogP contribution in [0.5, 0.6) is 5.75 Å². The molecule has 0 fully saturated rings. The number of rotatable bonds is 6. The molecule has 0 unspecified atom stereocenters. The smallest absolute Gasteiger partial charge is 0.406 e. The monoisotopic (exact) mass is 481 g/mol. The number of H-pyrrole nitrogens is 1. The standard InChI is InChI=1S/C25H18F3N3O4/c26-25(27,28)35-21-9-2-6-18(14-21)17-5-1-4-16(12-17)13-23(33)29-19-7-3-8-20(15-19)31-11-10-22(32)30-24(31)34/h1-12,14-15H,13H2,(H,29,33)(H,30,32,34). The summed E-state index contributed by atoms with van der Waals surface area (Å²) in [7, 11) is 0. The molecule has 178 valence electrons. The second-order valence-electron chi connectivity index (χ2n) is 7.53. The van der Waals surface area contributed by atoms with Gasteiger partial charge in [-0.3, -0.25) is 19.1 Å². The molecule has 3 aromatic carbocycles. The number of aromatic nitrogens is 2. The summed E-state index contributed by atoms with van der Waals surface area (Å²) >= 11 is 0. The van der Waals surface area contributed by atoms with Gasteiger partial charge in [0.1, 0.15) is 5.75 Å². The predicted molar refractivity (Wildman–Crippen MR) is 124 cm³/mol. The van der Waals surface area contributed by atoms with Crippen molar-refractivity contribution in [3.05, 3.63) is 111 Å². The molecule has 1 aromatic heterocycles. The van der Waals surface area contributed by atoms with E-state index in [9.17, 15) is 27.6 Å². The molecule has 0 bridgehead atoms. The summed E-state index contributed by atoms with van der Waals surface area (Å²) < 4.78 is 42.8. The Hall–Kier alpha value is -4.60. The number of hydrogen-bond donors (Lipinski definition) is 2. The number of carbonyl (C=O) groups is 1. The zero-order valence-corrected chi connectivity index (χ0v) is 18.0. The Morgan fingerprint density at radius 3 is 2.37 bits per heavy atom. The number of anilines is 1. The van der Waals surface area contributed by atoms with E-state index in [2.05, 4.69) is 15.0 Å². The Kier molecular flexibility index (Phi) is 6.54. The van der Waals surface area contributed by atoms with E-state index in [0.717, 1.165) is 0 Å². The summed E-state index contributed by atoms with van der Waals surface area (Å²) in [4.78, 5) is 38.1. The van der Waals surface area contributed by atoms with E-state index in [4.69, 9.17) is 0 Å². The third-order valence-corrected chi connectivity index (χ3v) is 4.92. The summed E-state index contributed by atoms with van der Waals surface area (Å²) in [6, 6.07) is 20.2. The van der Waals surface area contributed by atoms with Crippen molar-refractivity contribution in [2.75, 3.05) is 5.32 Å². The molecule has 0 aliphatic heterocycles. The van der Waals surface area contributed by atoms with Gasteiger partial charge in [0.2, 0.25) is 5.91 Å². The van der Waals surface area contributed by atoms with E-state index in [-0.39, 0.29) is 18.1 Å². The van der Waals surface area contributed by atoms with Gasteiger partial charge in [0, 0.05) is 18.0 Å². The number of nitrogens with zero attached hydrogens (tertiary/aromatic N) is 1. The summed E-state index contributed by atoms with van der Waals surface area (Å²) in [5, 5.41) is 2.75. The van der Waals surface area contributed by atoms with Crippen LogP contribution in [0.25, 0.3) is 16.8 Å². The lowest BCUT2D eigenvalue weighted by molar-refractivity contribution is -0.274. The van der Waals surface area contributed by atoms with Gasteiger partial charge in [-0.15, -0.1) is 13.2 Å². The van der Waals surface area contributed by atoms with Gasteiger partial charge in [-0.25, -0.2) is 4.79 Å². The molecule has 0 aliphatic rings. The molecule has 0 spiro atoms. The number of carbonyl (C=O) groups excluding carboxylic acids is 1. The van der Waals surface area contributed by atoms with Crippen LogP contribution >= 0.6 is 0 Å². The van der Waals surface area contributed by atoms with E-state index in [1.165, 1.54) is 35.0 Å². The lowest BCUT2D eigenvalue weighted by atomic mass is 10.0. The molecule has 4 aromatic rings. The van der Waals surface area contributed by atoms with Gasteiger partial charge in [0.15, 0.2) is 0 Å². The maximum atomic E-state index is 12.6. The normalized spacial score (nSPS) is 11.2. The molecule has 35 heavy (non-hydrogen) atoms. The minimum Gasteiger partial charge on any atom is -0.406 e. The molecule has 2 N–H and O–H groups in total. The largest absolute Gasteiger partial charge is 0.573 e. The Bertz CT molecular complexity index is 1490. The Morgan fingerprint density at radius 1 is 0.914 bits per heavy atom. The van der Waals surface area contributed by atoms with Crippen LogP contribution in [0.4, 0.5) is 18.9 Å². The molecule has 0 radical (unpaired) electrons. The fourth-order valence-electron chi connectivity index (χ4n) is 3.48. The van der Waals surface area contributed by atoms with Crippen LogP contribution < -0.4 is 21.3 Å². The molecule has 0 saturated carbocycles. The lowest BCUT2D eigenvalue weighted by Gasteiger charge is -2.11. The van der Waals surface area contributed by atoms with Crippen molar-refractivity contribution in [3.63, 3.8) is 0 Å². The molecular weight excluding hydrogens is 463 g/mol. The van der Waals surface area contributed by atoms with Gasteiger partial charge in [0.05, 0.1) is 12.1 Å². The van der Waals surface area contributed by atoms with Gasteiger partial charge in [-0.05, 0) is 47.0 Å². The highest BCUT2D eigenvalue weighted by Crippen LogP contribution is 2.28. The maximum absolute atomic E-state index is 12.6. The van der Waals surface area contributed by atoms with Crippen molar-refractivity contribution in [2.24, 2.45) is 0 Å². The third-order valence-electron chi connectivity index (χ3n) is 4.92. The van der Waals surface area contributed by atoms with Crippen LogP contribution in [0, 0.1) is 0 Å². The number of benzene rings is 3. The van der Waals surface area contributed by atoms with Gasteiger partial charge < -0.3 is 10.1 Å². The first-order valence-electron chi connectivity index (χ1n) is 10.3. The van der Waals surface area contributed by atoms with Crippen molar-refractivity contribution >= 4 is 11.6 Å². The summed E-state index contributed by atoms with van der Waals surface area (Å²) in [5.74, 6) is -0.665. The fourth-order valence-corrected chi connectivity index (χ4v) is 3.48. The number of aromatic amines is 1. The van der Waals surface area contributed by atoms with Crippen molar-refractivity contribution in [2.45, 2.75) is 12.8 Å². The fraction of sp³-hybridized carbons (Fsp3) is 0.0800. The number of ether oxygens (including phenoxy) is 1. The number of nitrogens with one attached hydrogen (secondary N) is 2. The molecular formula is C25H18F3N3O4. The highest BCUT2D eigenvalue weighted by molar-refractivity contribution is 5.92.